The number of phenols is 2. The molecule has 1 aliphatic heterocycles. The van der Waals surface area contributed by atoms with Crippen molar-refractivity contribution in [3.8, 4) is 23.0 Å². The van der Waals surface area contributed by atoms with E-state index in [2.05, 4.69) is 0 Å². The molecular weight excluding hydrogens is 336 g/mol. The van der Waals surface area contributed by atoms with Gasteiger partial charge in [-0.05, 0) is 47.7 Å². The summed E-state index contributed by atoms with van der Waals surface area (Å²) in [5.74, 6) is 1.04. The summed E-state index contributed by atoms with van der Waals surface area (Å²) < 4.78 is 16.3. The van der Waals surface area contributed by atoms with E-state index < -0.39 is 0 Å². The molecule has 0 radical (unpaired) electrons. The maximum absolute atomic E-state index is 9.95. The second kappa shape index (κ2) is 7.85. The van der Waals surface area contributed by atoms with Crippen LogP contribution in [0.1, 0.15) is 17.2 Å². The molecule has 0 bridgehead atoms. The van der Waals surface area contributed by atoms with E-state index in [-0.39, 0.29) is 36.0 Å². The molecule has 0 unspecified atom stereocenters. The first-order valence-electron chi connectivity index (χ1n) is 8.52. The van der Waals surface area contributed by atoms with Gasteiger partial charge in [0.2, 0.25) is 0 Å². The molecule has 1 aliphatic rings. The SMILES string of the molecule is COc1cc(C[C@H]2CO[C@H](c3ccc(O)c(OC)c3)[C@@H]2CO)ccc1O. The van der Waals surface area contributed by atoms with Gasteiger partial charge in [-0.1, -0.05) is 12.1 Å². The van der Waals surface area contributed by atoms with E-state index in [9.17, 15) is 15.3 Å². The van der Waals surface area contributed by atoms with E-state index in [4.69, 9.17) is 14.2 Å². The summed E-state index contributed by atoms with van der Waals surface area (Å²) in [5.41, 5.74) is 1.88. The normalized spacial score (nSPS) is 22.3. The lowest BCUT2D eigenvalue weighted by atomic mass is 9.84. The van der Waals surface area contributed by atoms with E-state index in [0.717, 1.165) is 11.1 Å². The zero-order valence-electron chi connectivity index (χ0n) is 14.9. The Morgan fingerprint density at radius 1 is 1.00 bits per heavy atom. The fourth-order valence-electron chi connectivity index (χ4n) is 3.54. The summed E-state index contributed by atoms with van der Waals surface area (Å²) in [5, 5.41) is 29.5. The minimum absolute atomic E-state index is 0.00621. The summed E-state index contributed by atoms with van der Waals surface area (Å²) in [4.78, 5) is 0. The molecule has 0 saturated carbocycles. The quantitative estimate of drug-likeness (QED) is 0.734. The first-order chi connectivity index (χ1) is 12.6. The van der Waals surface area contributed by atoms with Crippen molar-refractivity contribution in [3.63, 3.8) is 0 Å². The summed E-state index contributed by atoms with van der Waals surface area (Å²) >= 11 is 0. The Bertz CT molecular complexity index is 760. The lowest BCUT2D eigenvalue weighted by Crippen LogP contribution is -2.21. The van der Waals surface area contributed by atoms with Crippen molar-refractivity contribution in [2.24, 2.45) is 11.8 Å². The van der Waals surface area contributed by atoms with Gasteiger partial charge in [-0.2, -0.15) is 0 Å². The number of hydrogen-bond acceptors (Lipinski definition) is 6. The molecule has 6 nitrogen and oxygen atoms in total. The zero-order chi connectivity index (χ0) is 18.7. The van der Waals surface area contributed by atoms with Gasteiger partial charge in [0, 0.05) is 12.5 Å². The third-order valence-electron chi connectivity index (χ3n) is 4.97. The number of benzene rings is 2. The highest BCUT2D eigenvalue weighted by Gasteiger charge is 2.38. The first-order valence-corrected chi connectivity index (χ1v) is 8.52. The van der Waals surface area contributed by atoms with Crippen LogP contribution in [0.2, 0.25) is 0 Å². The second-order valence-corrected chi connectivity index (χ2v) is 6.50. The Morgan fingerprint density at radius 3 is 2.31 bits per heavy atom. The van der Waals surface area contributed by atoms with Crippen LogP contribution in [0.4, 0.5) is 0 Å². The molecule has 1 heterocycles. The average Bonchev–Trinajstić information content (AvgIpc) is 3.06. The van der Waals surface area contributed by atoms with Crippen LogP contribution in [0.25, 0.3) is 0 Å². The number of aliphatic hydroxyl groups excluding tert-OH is 1. The summed E-state index contributed by atoms with van der Waals surface area (Å²) in [7, 11) is 3.02. The van der Waals surface area contributed by atoms with Crippen LogP contribution in [0.5, 0.6) is 23.0 Å². The topological polar surface area (TPSA) is 88.4 Å². The maximum atomic E-state index is 9.95. The van der Waals surface area contributed by atoms with Crippen LogP contribution >= 0.6 is 0 Å². The summed E-state index contributed by atoms with van der Waals surface area (Å²) in [6.45, 7) is 0.510. The Kier molecular flexibility index (Phi) is 5.54. The Balaban J connectivity index is 1.79. The Hall–Kier alpha value is -2.44. The zero-order valence-corrected chi connectivity index (χ0v) is 14.9. The van der Waals surface area contributed by atoms with Crippen LogP contribution in [-0.2, 0) is 11.2 Å². The molecule has 140 valence electrons. The second-order valence-electron chi connectivity index (χ2n) is 6.50. The largest absolute Gasteiger partial charge is 0.504 e. The Labute approximate surface area is 152 Å². The number of ether oxygens (including phenoxy) is 3. The lowest BCUT2D eigenvalue weighted by molar-refractivity contribution is 0.0717. The van der Waals surface area contributed by atoms with Gasteiger partial charge in [0.15, 0.2) is 23.0 Å². The molecule has 0 aliphatic carbocycles. The molecule has 3 N–H and O–H groups in total. The highest BCUT2D eigenvalue weighted by Crippen LogP contribution is 2.42. The minimum atomic E-state index is -0.265. The molecule has 0 aromatic heterocycles. The van der Waals surface area contributed by atoms with Gasteiger partial charge in [0.25, 0.3) is 0 Å². The van der Waals surface area contributed by atoms with E-state index in [0.29, 0.717) is 24.5 Å². The number of phenolic OH excluding ortho intramolecular Hbond substituents is 2. The fourth-order valence-corrected chi connectivity index (χ4v) is 3.54. The number of aromatic hydroxyl groups is 2. The van der Waals surface area contributed by atoms with Crippen molar-refractivity contribution >= 4 is 0 Å². The molecule has 0 amide bonds. The van der Waals surface area contributed by atoms with Crippen molar-refractivity contribution in [1.82, 2.24) is 0 Å². The molecular formula is C20H24O6. The lowest BCUT2D eigenvalue weighted by Gasteiger charge is -2.22. The monoisotopic (exact) mass is 360 g/mol. The van der Waals surface area contributed by atoms with E-state index in [1.807, 2.05) is 6.07 Å². The highest BCUT2D eigenvalue weighted by atomic mass is 16.5. The molecule has 6 heteroatoms. The Morgan fingerprint density at radius 2 is 1.65 bits per heavy atom. The predicted octanol–water partition coefficient (Wildman–Crippen LogP) is 2.65. The molecule has 0 spiro atoms. The molecule has 1 fully saturated rings. The van der Waals surface area contributed by atoms with Crippen LogP contribution in [-0.4, -0.2) is 42.8 Å². The van der Waals surface area contributed by atoms with Crippen LogP contribution in [0, 0.1) is 11.8 Å². The summed E-state index contributed by atoms with van der Waals surface area (Å²) in [6.07, 6.45) is 0.437. The smallest absolute Gasteiger partial charge is 0.160 e. The van der Waals surface area contributed by atoms with Gasteiger partial charge in [-0.25, -0.2) is 0 Å². The third-order valence-corrected chi connectivity index (χ3v) is 4.97. The molecule has 3 atom stereocenters. The van der Waals surface area contributed by atoms with Gasteiger partial charge >= 0.3 is 0 Å². The molecule has 2 aromatic rings. The van der Waals surface area contributed by atoms with Crippen LogP contribution in [0.15, 0.2) is 36.4 Å². The highest BCUT2D eigenvalue weighted by molar-refractivity contribution is 5.43. The van der Waals surface area contributed by atoms with Gasteiger partial charge in [-0.15, -0.1) is 0 Å². The number of methoxy groups -OCH3 is 2. The first kappa shape index (κ1) is 18.4. The molecule has 1 saturated heterocycles. The van der Waals surface area contributed by atoms with Crippen molar-refractivity contribution < 1.29 is 29.5 Å². The summed E-state index contributed by atoms with van der Waals surface area (Å²) in [6, 6.07) is 10.4. The van der Waals surface area contributed by atoms with Gasteiger partial charge in [0.1, 0.15) is 0 Å². The van der Waals surface area contributed by atoms with E-state index >= 15 is 0 Å². The number of rotatable bonds is 6. The minimum Gasteiger partial charge on any atom is -0.504 e. The number of aliphatic hydroxyl groups is 1. The van der Waals surface area contributed by atoms with Crippen molar-refractivity contribution in [1.29, 1.82) is 0 Å². The number of hydrogen-bond donors (Lipinski definition) is 3. The standard InChI is InChI=1S/C20H24O6/c1-24-18-8-12(3-5-16(18)22)7-14-11-26-20(15(14)10-21)13-4-6-17(23)19(9-13)25-2/h3-6,8-9,14-15,20-23H,7,10-11H2,1-2H3/t14-,15+,20+/m0/s1. The van der Waals surface area contributed by atoms with Crippen LogP contribution in [0.3, 0.4) is 0 Å². The van der Waals surface area contributed by atoms with Crippen molar-refractivity contribution in [3.05, 3.63) is 47.5 Å². The average molecular weight is 360 g/mol. The van der Waals surface area contributed by atoms with E-state index in [1.54, 1.807) is 30.3 Å². The third kappa shape index (κ3) is 3.57. The predicted molar refractivity (Wildman–Crippen MR) is 95.8 cm³/mol. The fraction of sp³-hybridized carbons (Fsp3) is 0.400. The van der Waals surface area contributed by atoms with Gasteiger partial charge in [-0.3, -0.25) is 0 Å². The van der Waals surface area contributed by atoms with Gasteiger partial charge in [0.05, 0.1) is 26.9 Å². The molecule has 2 aromatic carbocycles. The molecule has 3 rings (SSSR count). The molecule has 26 heavy (non-hydrogen) atoms. The maximum Gasteiger partial charge on any atom is 0.160 e. The van der Waals surface area contributed by atoms with Crippen molar-refractivity contribution in [2.45, 2.75) is 12.5 Å². The van der Waals surface area contributed by atoms with Crippen molar-refractivity contribution in [2.75, 3.05) is 27.4 Å². The van der Waals surface area contributed by atoms with Gasteiger partial charge < -0.3 is 29.5 Å². The van der Waals surface area contributed by atoms with E-state index in [1.165, 1.54) is 14.2 Å². The van der Waals surface area contributed by atoms with Crippen LogP contribution < -0.4 is 9.47 Å².